The number of ether oxygens (including phenoxy) is 3. The van der Waals surface area contributed by atoms with E-state index in [1.807, 2.05) is 152 Å². The van der Waals surface area contributed by atoms with Gasteiger partial charge in [-0.25, -0.2) is 8.42 Å². The highest BCUT2D eigenvalue weighted by Gasteiger charge is 2.54. The summed E-state index contributed by atoms with van der Waals surface area (Å²) in [6.45, 7) is 0.149. The summed E-state index contributed by atoms with van der Waals surface area (Å²) < 4.78 is 74.9. The fourth-order valence-electron chi connectivity index (χ4n) is 7.40. The molecule has 1 aliphatic heterocycles. The average molecular weight is 863 g/mol. The van der Waals surface area contributed by atoms with Crippen LogP contribution in [0.25, 0.3) is 0 Å². The van der Waals surface area contributed by atoms with Crippen LogP contribution in [0.4, 0.5) is 0 Å². The number of hydrogen-bond donors (Lipinski definition) is 2. The summed E-state index contributed by atoms with van der Waals surface area (Å²) in [5.74, 6) is 0.364. The highest BCUT2D eigenvalue weighted by Crippen LogP contribution is 2.50. The summed E-state index contributed by atoms with van der Waals surface area (Å²) >= 11 is 0. The predicted molar refractivity (Wildman–Crippen MR) is 234 cm³/mol. The van der Waals surface area contributed by atoms with E-state index in [9.17, 15) is 14.8 Å². The zero-order valence-electron chi connectivity index (χ0n) is 33.7. The minimum atomic E-state index is -4.24. The molecule has 0 aromatic heterocycles. The van der Waals surface area contributed by atoms with Crippen molar-refractivity contribution in [1.82, 2.24) is 0 Å². The lowest BCUT2D eigenvalue weighted by Crippen LogP contribution is -2.49. The molecular formula is C49H51O10PS. The first-order valence-electron chi connectivity index (χ1n) is 20.3. The smallest absolute Gasteiger partial charge is 0.368 e. The molecule has 2 N–H and O–H groups in total. The molecule has 10 nitrogen and oxygen atoms in total. The third-order valence-corrected chi connectivity index (χ3v) is 14.8. The van der Waals surface area contributed by atoms with E-state index in [1.165, 1.54) is 0 Å². The van der Waals surface area contributed by atoms with Gasteiger partial charge in [0.25, 0.3) is 0 Å². The molecule has 0 spiro atoms. The molecule has 1 heterocycles. The molecule has 0 amide bonds. The fourth-order valence-corrected chi connectivity index (χ4v) is 11.1. The Bertz CT molecular complexity index is 2330. The second-order valence-corrected chi connectivity index (χ2v) is 19.5. The summed E-state index contributed by atoms with van der Waals surface area (Å²) in [5, 5.41) is 21.4. The zero-order valence-corrected chi connectivity index (χ0v) is 35.4. The Hall–Kier alpha value is -4.94. The molecule has 6 aromatic rings. The molecule has 61 heavy (non-hydrogen) atoms. The molecule has 6 aromatic carbocycles. The number of sulfone groups is 1. The first-order chi connectivity index (χ1) is 29.7. The van der Waals surface area contributed by atoms with Crippen LogP contribution in [0, 0.1) is 0 Å². The van der Waals surface area contributed by atoms with Gasteiger partial charge in [-0.3, -0.25) is 4.57 Å². The Morgan fingerprint density at radius 3 is 1.15 bits per heavy atom. The van der Waals surface area contributed by atoms with Gasteiger partial charge in [0.05, 0.1) is 36.9 Å². The normalized spacial score (nSPS) is 21.3. The molecule has 1 fully saturated rings. The van der Waals surface area contributed by atoms with E-state index in [4.69, 9.17) is 23.3 Å². The highest BCUT2D eigenvalue weighted by molar-refractivity contribution is 7.92. The van der Waals surface area contributed by atoms with Crippen LogP contribution in [0.3, 0.4) is 0 Å². The minimum Gasteiger partial charge on any atom is -0.481 e. The van der Waals surface area contributed by atoms with Crippen molar-refractivity contribution in [1.29, 1.82) is 0 Å². The largest absolute Gasteiger partial charge is 0.481 e. The van der Waals surface area contributed by atoms with Gasteiger partial charge < -0.3 is 33.5 Å². The van der Waals surface area contributed by atoms with Crippen LogP contribution >= 0.6 is 7.60 Å². The van der Waals surface area contributed by atoms with Gasteiger partial charge in [-0.1, -0.05) is 164 Å². The van der Waals surface area contributed by atoms with Gasteiger partial charge >= 0.3 is 7.60 Å². The quantitative estimate of drug-likeness (QED) is 0.0763. The van der Waals surface area contributed by atoms with Crippen LogP contribution in [0.1, 0.15) is 33.4 Å². The molecule has 0 unspecified atom stereocenters. The number of aliphatic hydroxyl groups is 2. The van der Waals surface area contributed by atoms with Crippen molar-refractivity contribution in [2.75, 3.05) is 6.35 Å². The maximum Gasteiger partial charge on any atom is 0.368 e. The van der Waals surface area contributed by atoms with Crippen molar-refractivity contribution < 1.29 is 46.5 Å². The van der Waals surface area contributed by atoms with Gasteiger partial charge in [0.15, 0.2) is 16.2 Å². The molecule has 1 aliphatic rings. The molecular weight excluding hydrogens is 812 g/mol. The van der Waals surface area contributed by atoms with E-state index < -0.39 is 52.3 Å². The Kier molecular flexibility index (Phi) is 15.4. The van der Waals surface area contributed by atoms with Gasteiger partial charge in [0, 0.05) is 0 Å². The number of aliphatic hydroxyl groups excluding tert-OH is 2. The van der Waals surface area contributed by atoms with Crippen LogP contribution < -0.4 is 4.74 Å². The van der Waals surface area contributed by atoms with E-state index in [-0.39, 0.29) is 45.6 Å². The van der Waals surface area contributed by atoms with Gasteiger partial charge in [-0.05, 0) is 58.4 Å². The van der Waals surface area contributed by atoms with Crippen LogP contribution in [-0.4, -0.2) is 59.9 Å². The lowest BCUT2D eigenvalue weighted by Gasteiger charge is -2.30. The topological polar surface area (TPSA) is 138 Å². The van der Waals surface area contributed by atoms with E-state index in [0.717, 1.165) is 27.8 Å². The van der Waals surface area contributed by atoms with Gasteiger partial charge in [0.2, 0.25) is 0 Å². The molecule has 7 rings (SSSR count). The fraction of sp³-hybridized carbons (Fsp3) is 0.265. The number of rotatable bonds is 19. The van der Waals surface area contributed by atoms with Gasteiger partial charge in [-0.2, -0.15) is 0 Å². The molecule has 0 radical (unpaired) electrons. The maximum absolute atomic E-state index is 15.2. The van der Waals surface area contributed by atoms with Crippen molar-refractivity contribution in [3.63, 3.8) is 0 Å². The standard InChI is InChI=1S/C49H51O10PS/c50-46-47(51)49(56-33-40-20-10-3-11-21-40)45(61(53,54)44(30-37-16-6-1-7-17-37)48(46)55-32-39-18-8-2-9-19-39)31-38-26-28-43(29-27-38)57-36-60(52,58-34-41-22-12-4-13-23-41)59-35-42-24-14-5-15-25-42/h1-29,44-51H,30-36H2/t44-,45-,46-,47-,48+,49+/m1/s1. The summed E-state index contributed by atoms with van der Waals surface area (Å²) in [7, 11) is -8.02. The molecule has 6 atom stereocenters. The van der Waals surface area contributed by atoms with Crippen LogP contribution in [-0.2, 0) is 72.2 Å². The number of hydrogen-bond acceptors (Lipinski definition) is 10. The van der Waals surface area contributed by atoms with Gasteiger partial charge in [-0.15, -0.1) is 0 Å². The van der Waals surface area contributed by atoms with Crippen molar-refractivity contribution in [2.24, 2.45) is 0 Å². The Morgan fingerprint density at radius 1 is 0.443 bits per heavy atom. The van der Waals surface area contributed by atoms with E-state index in [0.29, 0.717) is 11.3 Å². The lowest BCUT2D eigenvalue weighted by atomic mass is 9.94. The SMILES string of the molecule is O=P(COc1ccc(C[C@@H]2[C@H](OCc3ccccc3)[C@H](O)[C@@H](O)[C@@H](OCc3ccccc3)[C@@H](Cc3ccccc3)S2(=O)=O)cc1)(OCc1ccccc1)OCc1ccccc1. The molecule has 1 saturated heterocycles. The summed E-state index contributed by atoms with van der Waals surface area (Å²) in [6, 6.07) is 53.3. The van der Waals surface area contributed by atoms with Crippen molar-refractivity contribution >= 4 is 17.4 Å². The van der Waals surface area contributed by atoms with Gasteiger partial charge in [0.1, 0.15) is 30.2 Å². The third kappa shape index (κ3) is 12.1. The highest BCUT2D eigenvalue weighted by atomic mass is 32.2. The van der Waals surface area contributed by atoms with Crippen LogP contribution in [0.15, 0.2) is 176 Å². The van der Waals surface area contributed by atoms with Crippen LogP contribution in [0.2, 0.25) is 0 Å². The molecule has 12 heteroatoms. The number of benzene rings is 6. The van der Waals surface area contributed by atoms with Crippen molar-refractivity contribution in [3.8, 4) is 5.75 Å². The van der Waals surface area contributed by atoms with E-state index in [1.54, 1.807) is 24.3 Å². The summed E-state index contributed by atoms with van der Waals surface area (Å²) in [4.78, 5) is 0. The van der Waals surface area contributed by atoms with Crippen molar-refractivity contribution in [3.05, 3.63) is 209 Å². The first kappa shape index (κ1) is 44.1. The maximum atomic E-state index is 15.2. The average Bonchev–Trinajstić information content (AvgIpc) is 3.35. The lowest BCUT2D eigenvalue weighted by molar-refractivity contribution is -0.139. The molecule has 318 valence electrons. The van der Waals surface area contributed by atoms with Crippen molar-refractivity contribution in [2.45, 2.75) is 74.2 Å². The molecule has 0 aliphatic carbocycles. The zero-order chi connectivity index (χ0) is 42.5. The Labute approximate surface area is 358 Å². The third-order valence-electron chi connectivity index (χ3n) is 10.7. The van der Waals surface area contributed by atoms with Crippen LogP contribution in [0.5, 0.6) is 5.75 Å². The monoisotopic (exact) mass is 862 g/mol. The first-order valence-corrected chi connectivity index (χ1v) is 23.6. The minimum absolute atomic E-state index is 0.00567. The Balaban J connectivity index is 1.14. The van der Waals surface area contributed by atoms with E-state index in [2.05, 4.69) is 0 Å². The second kappa shape index (κ2) is 21.2. The van der Waals surface area contributed by atoms with E-state index >= 15 is 8.42 Å². The molecule has 0 saturated carbocycles. The predicted octanol–water partition coefficient (Wildman–Crippen LogP) is 8.49. The summed E-state index contributed by atoms with van der Waals surface area (Å²) in [5.41, 5.74) is 4.58. The summed E-state index contributed by atoms with van der Waals surface area (Å²) in [6.07, 6.45) is -6.21. The Morgan fingerprint density at radius 2 is 0.770 bits per heavy atom. The molecule has 0 bridgehead atoms. The second-order valence-electron chi connectivity index (χ2n) is 15.1.